The van der Waals surface area contributed by atoms with Crippen LogP contribution in [0.2, 0.25) is 0 Å². The van der Waals surface area contributed by atoms with Crippen LogP contribution in [0.3, 0.4) is 0 Å². The molecule has 7 nitrogen and oxygen atoms in total. The number of aromatic nitrogens is 2. The van der Waals surface area contributed by atoms with Crippen molar-refractivity contribution in [1.82, 2.24) is 15.5 Å². The van der Waals surface area contributed by atoms with Gasteiger partial charge in [0, 0.05) is 31.4 Å². The molecule has 0 spiro atoms. The van der Waals surface area contributed by atoms with Crippen molar-refractivity contribution in [3.63, 3.8) is 0 Å². The van der Waals surface area contributed by atoms with E-state index in [4.69, 9.17) is 9.15 Å². The molecule has 0 bridgehead atoms. The van der Waals surface area contributed by atoms with Crippen LogP contribution in [0.25, 0.3) is 11.5 Å². The standard InChI is InChI=1S/C18H23N3O4/c1-3-24-17(23)5-4-12-19-15(22)10-11-16-20-21-18(25-16)14-8-6-13(2)7-9-14/h6-9H,3-5,10-12H2,1-2H3,(H,19,22). The Bertz CT molecular complexity index is 695. The minimum Gasteiger partial charge on any atom is -0.466 e. The largest absolute Gasteiger partial charge is 0.466 e. The van der Waals surface area contributed by atoms with E-state index in [1.807, 2.05) is 31.2 Å². The summed E-state index contributed by atoms with van der Waals surface area (Å²) < 4.78 is 10.4. The first-order chi connectivity index (χ1) is 12.1. The van der Waals surface area contributed by atoms with Gasteiger partial charge in [-0.05, 0) is 32.4 Å². The fourth-order valence-corrected chi connectivity index (χ4v) is 2.17. The van der Waals surface area contributed by atoms with Gasteiger partial charge in [-0.2, -0.15) is 0 Å². The third-order valence-corrected chi connectivity index (χ3v) is 3.52. The Balaban J connectivity index is 1.70. The lowest BCUT2D eigenvalue weighted by atomic mass is 10.1. The molecule has 0 fully saturated rings. The van der Waals surface area contributed by atoms with Gasteiger partial charge in [0.25, 0.3) is 0 Å². The number of ether oxygens (including phenoxy) is 1. The monoisotopic (exact) mass is 345 g/mol. The van der Waals surface area contributed by atoms with Crippen molar-refractivity contribution in [2.75, 3.05) is 13.2 Å². The van der Waals surface area contributed by atoms with E-state index in [0.717, 1.165) is 11.1 Å². The van der Waals surface area contributed by atoms with Gasteiger partial charge in [0.2, 0.25) is 17.7 Å². The summed E-state index contributed by atoms with van der Waals surface area (Å²) >= 11 is 0. The molecule has 2 rings (SSSR count). The molecule has 0 atom stereocenters. The molecule has 1 heterocycles. The van der Waals surface area contributed by atoms with E-state index in [2.05, 4.69) is 15.5 Å². The molecule has 1 aromatic heterocycles. The summed E-state index contributed by atoms with van der Waals surface area (Å²) in [4.78, 5) is 23.0. The number of amides is 1. The number of nitrogens with zero attached hydrogens (tertiary/aromatic N) is 2. The smallest absolute Gasteiger partial charge is 0.305 e. The zero-order valence-electron chi connectivity index (χ0n) is 14.6. The summed E-state index contributed by atoms with van der Waals surface area (Å²) in [6.45, 7) is 4.59. The van der Waals surface area contributed by atoms with Crippen LogP contribution < -0.4 is 5.32 Å². The van der Waals surface area contributed by atoms with Crippen molar-refractivity contribution in [3.8, 4) is 11.5 Å². The van der Waals surface area contributed by atoms with Crippen molar-refractivity contribution < 1.29 is 18.7 Å². The molecule has 0 aliphatic heterocycles. The quantitative estimate of drug-likeness (QED) is 0.554. The molecular formula is C18H23N3O4. The normalized spacial score (nSPS) is 10.5. The number of benzene rings is 1. The maximum atomic E-state index is 11.8. The van der Waals surface area contributed by atoms with E-state index in [-0.39, 0.29) is 18.3 Å². The van der Waals surface area contributed by atoms with Gasteiger partial charge in [0.15, 0.2) is 0 Å². The Labute approximate surface area is 146 Å². The Morgan fingerprint density at radius 2 is 1.92 bits per heavy atom. The predicted molar refractivity (Wildman–Crippen MR) is 91.7 cm³/mol. The molecule has 0 saturated carbocycles. The van der Waals surface area contributed by atoms with E-state index >= 15 is 0 Å². The van der Waals surface area contributed by atoms with E-state index in [0.29, 0.717) is 44.2 Å². The number of hydrogen-bond acceptors (Lipinski definition) is 6. The van der Waals surface area contributed by atoms with Gasteiger partial charge in [0.05, 0.1) is 6.61 Å². The molecule has 0 unspecified atom stereocenters. The average molecular weight is 345 g/mol. The second-order valence-corrected chi connectivity index (χ2v) is 5.63. The second-order valence-electron chi connectivity index (χ2n) is 5.63. The fraction of sp³-hybridized carbons (Fsp3) is 0.444. The molecule has 25 heavy (non-hydrogen) atoms. The molecule has 0 aliphatic rings. The van der Waals surface area contributed by atoms with E-state index in [1.165, 1.54) is 0 Å². The van der Waals surface area contributed by atoms with Gasteiger partial charge in [-0.3, -0.25) is 9.59 Å². The summed E-state index contributed by atoms with van der Waals surface area (Å²) in [5, 5.41) is 10.7. The maximum absolute atomic E-state index is 11.8. The molecule has 0 radical (unpaired) electrons. The van der Waals surface area contributed by atoms with Crippen LogP contribution in [0.5, 0.6) is 0 Å². The lowest BCUT2D eigenvalue weighted by Gasteiger charge is -2.04. The zero-order valence-corrected chi connectivity index (χ0v) is 14.6. The number of carbonyl (C=O) groups is 2. The molecule has 1 aromatic carbocycles. The average Bonchev–Trinajstić information content (AvgIpc) is 3.07. The van der Waals surface area contributed by atoms with Crippen molar-refractivity contribution in [2.24, 2.45) is 0 Å². The Morgan fingerprint density at radius 1 is 1.16 bits per heavy atom. The molecule has 1 amide bonds. The Morgan fingerprint density at radius 3 is 2.64 bits per heavy atom. The lowest BCUT2D eigenvalue weighted by molar-refractivity contribution is -0.143. The highest BCUT2D eigenvalue weighted by molar-refractivity contribution is 5.76. The Kier molecular flexibility index (Phi) is 7.13. The van der Waals surface area contributed by atoms with Crippen LogP contribution in [0.15, 0.2) is 28.7 Å². The SMILES string of the molecule is CCOC(=O)CCCNC(=O)CCc1nnc(-c2ccc(C)cc2)o1. The summed E-state index contributed by atoms with van der Waals surface area (Å²) in [6, 6.07) is 7.79. The van der Waals surface area contributed by atoms with Crippen LogP contribution in [0, 0.1) is 6.92 Å². The molecule has 0 saturated heterocycles. The van der Waals surface area contributed by atoms with Crippen molar-refractivity contribution in [1.29, 1.82) is 0 Å². The predicted octanol–water partition coefficient (Wildman–Crippen LogP) is 2.44. The Hall–Kier alpha value is -2.70. The van der Waals surface area contributed by atoms with Crippen molar-refractivity contribution >= 4 is 11.9 Å². The first-order valence-electron chi connectivity index (χ1n) is 8.40. The minimum absolute atomic E-state index is 0.112. The number of rotatable bonds is 9. The van der Waals surface area contributed by atoms with Crippen LogP contribution >= 0.6 is 0 Å². The first kappa shape index (κ1) is 18.6. The maximum Gasteiger partial charge on any atom is 0.305 e. The number of nitrogens with one attached hydrogen (secondary N) is 1. The molecule has 0 aliphatic carbocycles. The molecule has 1 N–H and O–H groups in total. The highest BCUT2D eigenvalue weighted by Gasteiger charge is 2.10. The lowest BCUT2D eigenvalue weighted by Crippen LogP contribution is -2.25. The van der Waals surface area contributed by atoms with Gasteiger partial charge >= 0.3 is 5.97 Å². The third kappa shape index (κ3) is 6.37. The number of esters is 1. The fourth-order valence-electron chi connectivity index (χ4n) is 2.17. The second kappa shape index (κ2) is 9.56. The van der Waals surface area contributed by atoms with Crippen LogP contribution in [-0.4, -0.2) is 35.2 Å². The van der Waals surface area contributed by atoms with Gasteiger partial charge < -0.3 is 14.5 Å². The van der Waals surface area contributed by atoms with Gasteiger partial charge in [0.1, 0.15) is 0 Å². The highest BCUT2D eigenvalue weighted by Crippen LogP contribution is 2.18. The minimum atomic E-state index is -0.244. The highest BCUT2D eigenvalue weighted by atomic mass is 16.5. The molecule has 2 aromatic rings. The topological polar surface area (TPSA) is 94.3 Å². The molecule has 7 heteroatoms. The summed E-state index contributed by atoms with van der Waals surface area (Å²) in [6.07, 6.45) is 1.50. The number of hydrogen-bond donors (Lipinski definition) is 1. The van der Waals surface area contributed by atoms with E-state index in [9.17, 15) is 9.59 Å². The summed E-state index contributed by atoms with van der Waals surface area (Å²) in [5.74, 6) is 0.521. The van der Waals surface area contributed by atoms with Crippen LogP contribution in [-0.2, 0) is 20.7 Å². The zero-order chi connectivity index (χ0) is 18.1. The van der Waals surface area contributed by atoms with Crippen LogP contribution in [0.1, 0.15) is 37.6 Å². The number of carbonyl (C=O) groups excluding carboxylic acids is 2. The number of aryl methyl sites for hydroxylation is 2. The summed E-state index contributed by atoms with van der Waals surface area (Å²) in [5.41, 5.74) is 2.01. The first-order valence-corrected chi connectivity index (χ1v) is 8.40. The van der Waals surface area contributed by atoms with Gasteiger partial charge in [-0.15, -0.1) is 10.2 Å². The van der Waals surface area contributed by atoms with Gasteiger partial charge in [-0.1, -0.05) is 17.7 Å². The van der Waals surface area contributed by atoms with E-state index in [1.54, 1.807) is 6.92 Å². The van der Waals surface area contributed by atoms with Crippen molar-refractivity contribution in [2.45, 2.75) is 39.5 Å². The molecule has 134 valence electrons. The third-order valence-electron chi connectivity index (χ3n) is 3.52. The van der Waals surface area contributed by atoms with Crippen LogP contribution in [0.4, 0.5) is 0 Å². The van der Waals surface area contributed by atoms with Gasteiger partial charge in [-0.25, -0.2) is 0 Å². The summed E-state index contributed by atoms with van der Waals surface area (Å²) in [7, 11) is 0. The van der Waals surface area contributed by atoms with E-state index < -0.39 is 0 Å². The molecular weight excluding hydrogens is 322 g/mol. The van der Waals surface area contributed by atoms with Crippen molar-refractivity contribution in [3.05, 3.63) is 35.7 Å².